The summed E-state index contributed by atoms with van der Waals surface area (Å²) in [7, 11) is 0. The van der Waals surface area contributed by atoms with Crippen molar-refractivity contribution < 1.29 is 9.53 Å². The van der Waals surface area contributed by atoms with Crippen LogP contribution < -0.4 is 4.74 Å². The molecule has 138 valence electrons. The molecule has 0 spiro atoms. The second kappa shape index (κ2) is 8.87. The highest BCUT2D eigenvalue weighted by Crippen LogP contribution is 2.35. The quantitative estimate of drug-likeness (QED) is 0.348. The third kappa shape index (κ3) is 4.38. The van der Waals surface area contributed by atoms with Gasteiger partial charge < -0.3 is 4.74 Å². The van der Waals surface area contributed by atoms with E-state index in [4.69, 9.17) is 17.0 Å². The number of thioether (sulfide) groups is 1. The monoisotopic (exact) mass is 387 g/mol. The van der Waals surface area contributed by atoms with E-state index in [0.29, 0.717) is 9.23 Å². The molecule has 0 N–H and O–H groups in total. The number of unbranched alkanes of at least 4 members (excludes halogenated alkanes) is 4. The lowest BCUT2D eigenvalue weighted by molar-refractivity contribution is -0.122. The molecule has 5 heteroatoms. The molecule has 0 aromatic heterocycles. The smallest absolute Gasteiger partial charge is 0.266 e. The van der Waals surface area contributed by atoms with Gasteiger partial charge in [-0.05, 0) is 37.1 Å². The lowest BCUT2D eigenvalue weighted by Crippen LogP contribution is -2.29. The van der Waals surface area contributed by atoms with Gasteiger partial charge in [-0.1, -0.05) is 74.8 Å². The molecule has 2 aliphatic rings. The molecule has 0 saturated carbocycles. The molecule has 1 amide bonds. The first kappa shape index (κ1) is 19.2. The van der Waals surface area contributed by atoms with Crippen LogP contribution in [0.5, 0.6) is 5.75 Å². The Labute approximate surface area is 165 Å². The maximum Gasteiger partial charge on any atom is 0.266 e. The van der Waals surface area contributed by atoms with E-state index in [-0.39, 0.29) is 12.0 Å². The van der Waals surface area contributed by atoms with Crippen molar-refractivity contribution in [1.29, 1.82) is 0 Å². The summed E-state index contributed by atoms with van der Waals surface area (Å²) in [6.45, 7) is 4.93. The number of ether oxygens (including phenoxy) is 1. The van der Waals surface area contributed by atoms with Crippen LogP contribution in [0.3, 0.4) is 0 Å². The highest BCUT2D eigenvalue weighted by molar-refractivity contribution is 8.26. The SMILES string of the molecule is CCCCCCCN1C(=O)/C(=C/C2=Cc3ccccc3OC2C)SC1=S. The van der Waals surface area contributed by atoms with E-state index in [2.05, 4.69) is 13.0 Å². The number of para-hydroxylation sites is 1. The third-order valence-corrected chi connectivity index (χ3v) is 6.05. The number of amides is 1. The summed E-state index contributed by atoms with van der Waals surface area (Å²) >= 11 is 6.83. The second-order valence-electron chi connectivity index (χ2n) is 6.69. The van der Waals surface area contributed by atoms with Gasteiger partial charge in [0.05, 0.1) is 4.91 Å². The molecule has 1 aromatic carbocycles. The Morgan fingerprint density at radius 1 is 1.23 bits per heavy atom. The lowest BCUT2D eigenvalue weighted by Gasteiger charge is -2.23. The minimum Gasteiger partial charge on any atom is -0.485 e. The van der Waals surface area contributed by atoms with E-state index >= 15 is 0 Å². The van der Waals surface area contributed by atoms with Crippen molar-refractivity contribution in [2.75, 3.05) is 6.54 Å². The average molecular weight is 388 g/mol. The molecule has 3 nitrogen and oxygen atoms in total. The average Bonchev–Trinajstić information content (AvgIpc) is 2.89. The van der Waals surface area contributed by atoms with E-state index < -0.39 is 0 Å². The fourth-order valence-corrected chi connectivity index (χ4v) is 4.45. The van der Waals surface area contributed by atoms with Gasteiger partial charge in [-0.2, -0.15) is 0 Å². The van der Waals surface area contributed by atoms with Gasteiger partial charge >= 0.3 is 0 Å². The summed E-state index contributed by atoms with van der Waals surface area (Å²) in [5.74, 6) is 0.916. The number of hydrogen-bond acceptors (Lipinski definition) is 4. The molecule has 0 bridgehead atoms. The van der Waals surface area contributed by atoms with Crippen molar-refractivity contribution in [3.05, 3.63) is 46.4 Å². The zero-order valence-corrected chi connectivity index (χ0v) is 17.0. The van der Waals surface area contributed by atoms with Crippen molar-refractivity contribution in [3.8, 4) is 5.75 Å². The van der Waals surface area contributed by atoms with Gasteiger partial charge in [0, 0.05) is 12.1 Å². The number of hydrogen-bond donors (Lipinski definition) is 0. The van der Waals surface area contributed by atoms with Crippen LogP contribution >= 0.6 is 24.0 Å². The number of nitrogens with zero attached hydrogens (tertiary/aromatic N) is 1. The van der Waals surface area contributed by atoms with Crippen molar-refractivity contribution in [2.24, 2.45) is 0 Å². The van der Waals surface area contributed by atoms with Gasteiger partial charge in [0.1, 0.15) is 16.2 Å². The van der Waals surface area contributed by atoms with Crippen molar-refractivity contribution in [1.82, 2.24) is 4.90 Å². The van der Waals surface area contributed by atoms with Crippen LogP contribution in [0.2, 0.25) is 0 Å². The van der Waals surface area contributed by atoms with Gasteiger partial charge in [-0.3, -0.25) is 9.69 Å². The summed E-state index contributed by atoms with van der Waals surface area (Å²) in [5.41, 5.74) is 2.05. The van der Waals surface area contributed by atoms with Gasteiger partial charge in [0.2, 0.25) is 0 Å². The van der Waals surface area contributed by atoms with Gasteiger partial charge in [-0.25, -0.2) is 0 Å². The van der Waals surface area contributed by atoms with Crippen LogP contribution in [0.4, 0.5) is 0 Å². The Bertz CT molecular complexity index is 754. The number of carbonyl (C=O) groups is 1. The van der Waals surface area contributed by atoms with Crippen LogP contribution in [0.1, 0.15) is 51.5 Å². The first-order valence-electron chi connectivity index (χ1n) is 9.32. The molecule has 1 aromatic rings. The number of rotatable bonds is 7. The summed E-state index contributed by atoms with van der Waals surface area (Å²) < 4.78 is 6.63. The molecule has 1 atom stereocenters. The molecule has 1 saturated heterocycles. The second-order valence-corrected chi connectivity index (χ2v) is 8.37. The van der Waals surface area contributed by atoms with Gasteiger partial charge in [-0.15, -0.1) is 0 Å². The Kier molecular flexibility index (Phi) is 6.54. The zero-order chi connectivity index (χ0) is 18.5. The topological polar surface area (TPSA) is 29.5 Å². The highest BCUT2D eigenvalue weighted by atomic mass is 32.2. The van der Waals surface area contributed by atoms with Crippen LogP contribution in [0, 0.1) is 0 Å². The van der Waals surface area contributed by atoms with Crippen LogP contribution in [0.15, 0.2) is 40.8 Å². The minimum absolute atomic E-state index is 0.0300. The van der Waals surface area contributed by atoms with Gasteiger partial charge in [0.15, 0.2) is 0 Å². The number of fused-ring (bicyclic) bond motifs is 1. The highest BCUT2D eigenvalue weighted by Gasteiger charge is 2.32. The minimum atomic E-state index is -0.0811. The molecule has 2 heterocycles. The number of carbonyl (C=O) groups excluding carboxylic acids is 1. The third-order valence-electron chi connectivity index (χ3n) is 4.67. The fourth-order valence-electron chi connectivity index (χ4n) is 3.14. The number of thiocarbonyl (C=S) groups is 1. The largest absolute Gasteiger partial charge is 0.485 e. The predicted octanol–water partition coefficient (Wildman–Crippen LogP) is 5.57. The molecule has 0 radical (unpaired) electrons. The molecule has 1 unspecified atom stereocenters. The van der Waals surface area contributed by atoms with E-state index in [1.165, 1.54) is 31.0 Å². The summed E-state index contributed by atoms with van der Waals surface area (Å²) in [6, 6.07) is 7.95. The molecule has 3 rings (SSSR count). The van der Waals surface area contributed by atoms with Crippen LogP contribution in [-0.2, 0) is 4.79 Å². The van der Waals surface area contributed by atoms with Crippen molar-refractivity contribution in [3.63, 3.8) is 0 Å². The van der Waals surface area contributed by atoms with E-state index in [1.807, 2.05) is 37.3 Å². The first-order valence-corrected chi connectivity index (χ1v) is 10.5. The standard InChI is InChI=1S/C21H25NO2S2/c1-3-4-5-6-9-12-22-20(23)19(26-21(22)25)14-17-13-16-10-7-8-11-18(16)24-15(17)2/h7-8,10-11,13-15H,3-6,9,12H2,1-2H3/b19-14-. The predicted molar refractivity (Wildman–Crippen MR) is 113 cm³/mol. The van der Waals surface area contributed by atoms with E-state index in [1.54, 1.807) is 4.90 Å². The Morgan fingerprint density at radius 2 is 2.00 bits per heavy atom. The molecule has 26 heavy (non-hydrogen) atoms. The molecular weight excluding hydrogens is 362 g/mol. The fraction of sp³-hybridized carbons (Fsp3) is 0.429. The van der Waals surface area contributed by atoms with Gasteiger partial charge in [0.25, 0.3) is 5.91 Å². The molecule has 2 aliphatic heterocycles. The Balaban J connectivity index is 1.69. The van der Waals surface area contributed by atoms with Crippen molar-refractivity contribution >= 4 is 40.3 Å². The normalized spacial score (nSPS) is 21.0. The van der Waals surface area contributed by atoms with Crippen molar-refractivity contribution in [2.45, 2.75) is 52.1 Å². The summed E-state index contributed by atoms with van der Waals surface area (Å²) in [6.07, 6.45) is 9.82. The van der Waals surface area contributed by atoms with Crippen LogP contribution in [-0.4, -0.2) is 27.8 Å². The zero-order valence-electron chi connectivity index (χ0n) is 15.4. The van der Waals surface area contributed by atoms with E-state index in [9.17, 15) is 4.79 Å². The lowest BCUT2D eigenvalue weighted by atomic mass is 10.0. The summed E-state index contributed by atoms with van der Waals surface area (Å²) in [4.78, 5) is 15.2. The van der Waals surface area contributed by atoms with E-state index in [0.717, 1.165) is 36.3 Å². The maximum atomic E-state index is 12.7. The van der Waals surface area contributed by atoms with Crippen LogP contribution in [0.25, 0.3) is 6.08 Å². The summed E-state index contributed by atoms with van der Waals surface area (Å²) in [5, 5.41) is 0. The Hall–Kier alpha value is -1.59. The molecule has 1 fully saturated rings. The molecular formula is C21H25NO2S2. The molecule has 0 aliphatic carbocycles. The maximum absolute atomic E-state index is 12.7. The number of benzene rings is 1. The first-order chi connectivity index (χ1) is 12.6. The Morgan fingerprint density at radius 3 is 2.81 bits per heavy atom.